The predicted molar refractivity (Wildman–Crippen MR) is 77.2 cm³/mol. The normalized spacial score (nSPS) is 17.0. The van der Waals surface area contributed by atoms with E-state index in [1.165, 1.54) is 0 Å². The molecule has 1 N–H and O–H groups in total. The molecule has 1 aromatic carbocycles. The molecule has 2 aromatic rings. The van der Waals surface area contributed by atoms with Gasteiger partial charge in [0, 0.05) is 13.1 Å². The molecule has 110 valence electrons. The molecule has 0 aliphatic carbocycles. The second kappa shape index (κ2) is 5.47. The highest BCUT2D eigenvalue weighted by molar-refractivity contribution is 5.83. The first-order chi connectivity index (χ1) is 10.2. The highest BCUT2D eigenvalue weighted by atomic mass is 16.5. The van der Waals surface area contributed by atoms with Crippen molar-refractivity contribution in [3.05, 3.63) is 41.8 Å². The van der Waals surface area contributed by atoms with E-state index in [1.54, 1.807) is 7.05 Å². The number of likely N-dealkylation sites (N-methyl/N-ethyl adjacent to an activating group) is 1. The molecule has 0 bridgehead atoms. The van der Waals surface area contributed by atoms with Gasteiger partial charge in [-0.2, -0.15) is 0 Å². The Morgan fingerprint density at radius 2 is 2.29 bits per heavy atom. The number of anilines is 1. The van der Waals surface area contributed by atoms with Crippen LogP contribution in [0.25, 0.3) is 0 Å². The number of hydrogen-bond donors (Lipinski definition) is 1. The van der Waals surface area contributed by atoms with Crippen LogP contribution in [0.4, 0.5) is 5.69 Å². The minimum absolute atomic E-state index is 0.133. The number of para-hydroxylation sites is 2. The zero-order chi connectivity index (χ0) is 14.8. The molecule has 1 atom stereocenters. The fourth-order valence-corrected chi connectivity index (χ4v) is 2.44. The van der Waals surface area contributed by atoms with Crippen molar-refractivity contribution in [2.24, 2.45) is 0 Å². The lowest BCUT2D eigenvalue weighted by Gasteiger charge is -2.34. The number of nitrogens with zero attached hydrogens (tertiary/aromatic N) is 2. The molecule has 6 heteroatoms. The molecular weight excluding hydrogens is 270 g/mol. The van der Waals surface area contributed by atoms with Crippen LogP contribution in [0, 0.1) is 6.92 Å². The maximum Gasteiger partial charge on any atom is 0.262 e. The molecule has 1 amide bonds. The van der Waals surface area contributed by atoms with Gasteiger partial charge in [0.15, 0.2) is 6.10 Å². The van der Waals surface area contributed by atoms with E-state index >= 15 is 0 Å². The van der Waals surface area contributed by atoms with E-state index < -0.39 is 6.10 Å². The van der Waals surface area contributed by atoms with E-state index in [2.05, 4.69) is 15.4 Å². The Kier molecular flexibility index (Phi) is 3.51. The fourth-order valence-electron chi connectivity index (χ4n) is 2.44. The molecule has 6 nitrogen and oxygen atoms in total. The summed E-state index contributed by atoms with van der Waals surface area (Å²) in [4.78, 5) is 14.0. The van der Waals surface area contributed by atoms with E-state index in [0.29, 0.717) is 18.8 Å². The summed E-state index contributed by atoms with van der Waals surface area (Å²) in [5, 5.41) is 6.64. The molecule has 21 heavy (non-hydrogen) atoms. The third kappa shape index (κ3) is 2.69. The van der Waals surface area contributed by atoms with E-state index in [0.717, 1.165) is 17.1 Å². The highest BCUT2D eigenvalue weighted by Gasteiger charge is 2.30. The Morgan fingerprint density at radius 1 is 1.48 bits per heavy atom. The number of aryl methyl sites for hydroxylation is 1. The van der Waals surface area contributed by atoms with Gasteiger partial charge in [0.2, 0.25) is 0 Å². The van der Waals surface area contributed by atoms with Crippen LogP contribution in [0.1, 0.15) is 11.5 Å². The van der Waals surface area contributed by atoms with Crippen LogP contribution in [0.5, 0.6) is 5.75 Å². The van der Waals surface area contributed by atoms with Crippen LogP contribution in [0.2, 0.25) is 0 Å². The first-order valence-electron chi connectivity index (χ1n) is 6.82. The summed E-state index contributed by atoms with van der Waals surface area (Å²) in [5.74, 6) is 1.35. The standard InChI is InChI=1S/C15H17N3O3/c1-10-7-11(17-21-10)8-18-9-14(15(19)16-2)20-13-6-4-3-5-12(13)18/h3-7,14H,8-9H2,1-2H3,(H,16,19)/t14-/m1/s1. The van der Waals surface area contributed by atoms with Gasteiger partial charge >= 0.3 is 0 Å². The summed E-state index contributed by atoms with van der Waals surface area (Å²) >= 11 is 0. The zero-order valence-electron chi connectivity index (χ0n) is 12.0. The third-order valence-electron chi connectivity index (χ3n) is 3.43. The topological polar surface area (TPSA) is 67.6 Å². The molecule has 3 rings (SSSR count). The summed E-state index contributed by atoms with van der Waals surface area (Å²) in [6, 6.07) is 9.58. The molecule has 0 fully saturated rings. The molecule has 0 unspecified atom stereocenters. The number of fused-ring (bicyclic) bond motifs is 1. The maximum absolute atomic E-state index is 11.9. The quantitative estimate of drug-likeness (QED) is 0.926. The van der Waals surface area contributed by atoms with Gasteiger partial charge < -0.3 is 19.5 Å². The van der Waals surface area contributed by atoms with Gasteiger partial charge in [0.05, 0.1) is 18.8 Å². The predicted octanol–water partition coefficient (Wildman–Crippen LogP) is 1.50. The van der Waals surface area contributed by atoms with Gasteiger partial charge in [0.25, 0.3) is 5.91 Å². The average Bonchev–Trinajstić information content (AvgIpc) is 2.91. The third-order valence-corrected chi connectivity index (χ3v) is 3.43. The molecule has 1 aliphatic rings. The Balaban J connectivity index is 1.88. The molecule has 1 aliphatic heterocycles. The Labute approximate surface area is 122 Å². The lowest BCUT2D eigenvalue weighted by Crippen LogP contribution is -2.47. The Morgan fingerprint density at radius 3 is 3.00 bits per heavy atom. The minimum atomic E-state index is -0.530. The summed E-state index contributed by atoms with van der Waals surface area (Å²) in [6.07, 6.45) is -0.530. The van der Waals surface area contributed by atoms with E-state index in [4.69, 9.17) is 9.26 Å². The van der Waals surface area contributed by atoms with Crippen LogP contribution < -0.4 is 15.0 Å². The second-order valence-corrected chi connectivity index (χ2v) is 5.00. The van der Waals surface area contributed by atoms with E-state index in [1.807, 2.05) is 37.3 Å². The van der Waals surface area contributed by atoms with Crippen molar-refractivity contribution in [3.63, 3.8) is 0 Å². The van der Waals surface area contributed by atoms with E-state index in [-0.39, 0.29) is 5.91 Å². The highest BCUT2D eigenvalue weighted by Crippen LogP contribution is 2.33. The molecule has 1 aromatic heterocycles. The number of amides is 1. The van der Waals surface area contributed by atoms with Gasteiger partial charge in [-0.25, -0.2) is 0 Å². The van der Waals surface area contributed by atoms with Crippen molar-refractivity contribution in [2.75, 3.05) is 18.5 Å². The van der Waals surface area contributed by atoms with Crippen molar-refractivity contribution >= 4 is 11.6 Å². The molecule has 0 saturated carbocycles. The van der Waals surface area contributed by atoms with Crippen LogP contribution in [-0.2, 0) is 11.3 Å². The van der Waals surface area contributed by atoms with Crippen molar-refractivity contribution in [1.82, 2.24) is 10.5 Å². The Hall–Kier alpha value is -2.50. The summed E-state index contributed by atoms with van der Waals surface area (Å²) in [6.45, 7) is 2.91. The molecule has 0 spiro atoms. The first kappa shape index (κ1) is 13.5. The number of hydrogen-bond acceptors (Lipinski definition) is 5. The number of benzene rings is 1. The summed E-state index contributed by atoms with van der Waals surface area (Å²) < 4.78 is 10.9. The van der Waals surface area contributed by atoms with Gasteiger partial charge in [0.1, 0.15) is 17.2 Å². The van der Waals surface area contributed by atoms with Gasteiger partial charge in [-0.1, -0.05) is 17.3 Å². The number of nitrogens with one attached hydrogen (secondary N) is 1. The van der Waals surface area contributed by atoms with Gasteiger partial charge in [-0.15, -0.1) is 0 Å². The van der Waals surface area contributed by atoms with Crippen LogP contribution in [-0.4, -0.2) is 30.8 Å². The SMILES string of the molecule is CNC(=O)[C@H]1CN(Cc2cc(C)on2)c2ccccc2O1. The largest absolute Gasteiger partial charge is 0.477 e. The van der Waals surface area contributed by atoms with Crippen molar-refractivity contribution in [2.45, 2.75) is 19.6 Å². The second-order valence-electron chi connectivity index (χ2n) is 5.00. The zero-order valence-corrected chi connectivity index (χ0v) is 12.0. The van der Waals surface area contributed by atoms with E-state index in [9.17, 15) is 4.79 Å². The monoisotopic (exact) mass is 287 g/mol. The number of carbonyl (C=O) groups is 1. The summed E-state index contributed by atoms with van der Waals surface area (Å²) in [7, 11) is 1.61. The number of carbonyl (C=O) groups excluding carboxylic acids is 1. The number of aromatic nitrogens is 1. The first-order valence-corrected chi connectivity index (χ1v) is 6.82. The smallest absolute Gasteiger partial charge is 0.262 e. The minimum Gasteiger partial charge on any atom is -0.477 e. The number of ether oxygens (including phenoxy) is 1. The lowest BCUT2D eigenvalue weighted by molar-refractivity contribution is -0.127. The Bertz CT molecular complexity index is 653. The van der Waals surface area contributed by atoms with Crippen molar-refractivity contribution in [1.29, 1.82) is 0 Å². The molecule has 0 saturated heterocycles. The van der Waals surface area contributed by atoms with Gasteiger partial charge in [-0.3, -0.25) is 4.79 Å². The van der Waals surface area contributed by atoms with Crippen LogP contribution >= 0.6 is 0 Å². The van der Waals surface area contributed by atoms with Crippen molar-refractivity contribution < 1.29 is 14.1 Å². The number of rotatable bonds is 3. The fraction of sp³-hybridized carbons (Fsp3) is 0.333. The molecule has 0 radical (unpaired) electrons. The van der Waals surface area contributed by atoms with Crippen LogP contribution in [0.3, 0.4) is 0 Å². The molecule has 2 heterocycles. The molecular formula is C15H17N3O3. The van der Waals surface area contributed by atoms with Gasteiger partial charge in [-0.05, 0) is 19.1 Å². The summed E-state index contributed by atoms with van der Waals surface area (Å²) in [5.41, 5.74) is 1.79. The maximum atomic E-state index is 11.9. The lowest BCUT2D eigenvalue weighted by atomic mass is 10.1. The van der Waals surface area contributed by atoms with Crippen molar-refractivity contribution in [3.8, 4) is 5.75 Å². The average molecular weight is 287 g/mol. The van der Waals surface area contributed by atoms with Crippen LogP contribution in [0.15, 0.2) is 34.9 Å².